The number of hydrogen-bond donors (Lipinski definition) is 1. The second kappa shape index (κ2) is 6.54. The number of hydrogen-bond acceptors (Lipinski definition) is 5. The molecule has 23 heavy (non-hydrogen) atoms. The van der Waals surface area contributed by atoms with Crippen molar-refractivity contribution in [1.82, 2.24) is 10.1 Å². The number of ether oxygens (including phenoxy) is 1. The molecule has 6 heteroatoms. The largest absolute Gasteiger partial charge is 0.489 e. The van der Waals surface area contributed by atoms with Gasteiger partial charge in [-0.1, -0.05) is 22.8 Å². The van der Waals surface area contributed by atoms with Crippen LogP contribution in [0, 0.1) is 5.41 Å². The molecule has 1 aliphatic carbocycles. The molecule has 0 aliphatic heterocycles. The fraction of sp³-hybridized carbons (Fsp3) is 0.353. The van der Waals surface area contributed by atoms with Crippen LogP contribution in [0.15, 0.2) is 28.8 Å². The quantitative estimate of drug-likeness (QED) is 0.876. The molecule has 0 unspecified atom stereocenters. The van der Waals surface area contributed by atoms with E-state index in [1.807, 2.05) is 32.1 Å². The molecule has 0 atom stereocenters. The van der Waals surface area contributed by atoms with E-state index in [1.54, 1.807) is 6.07 Å². The normalized spacial score (nSPS) is 15.0. The maximum absolute atomic E-state index is 7.64. The lowest BCUT2D eigenvalue weighted by atomic mass is 9.97. The van der Waals surface area contributed by atoms with Gasteiger partial charge in [0.25, 0.3) is 5.89 Å². The van der Waals surface area contributed by atoms with Crippen LogP contribution in [0.4, 0.5) is 0 Å². The molecule has 2 aromatic rings. The number of halogens is 1. The first-order chi connectivity index (χ1) is 11.0. The van der Waals surface area contributed by atoms with Crippen molar-refractivity contribution in [3.8, 4) is 17.2 Å². The van der Waals surface area contributed by atoms with Crippen molar-refractivity contribution in [1.29, 1.82) is 5.41 Å². The van der Waals surface area contributed by atoms with E-state index in [1.165, 1.54) is 0 Å². The monoisotopic (exact) mass is 331 g/mol. The molecule has 1 aromatic carbocycles. The highest BCUT2D eigenvalue weighted by Gasteiger charge is 2.17. The molecule has 0 bridgehead atoms. The third kappa shape index (κ3) is 3.62. The van der Waals surface area contributed by atoms with Crippen LogP contribution in [-0.4, -0.2) is 22.0 Å². The molecule has 0 spiro atoms. The number of nitrogens with zero attached hydrogens (tertiary/aromatic N) is 2. The number of benzene rings is 1. The van der Waals surface area contributed by atoms with Gasteiger partial charge < -0.3 is 14.7 Å². The summed E-state index contributed by atoms with van der Waals surface area (Å²) in [5.74, 6) is 1.66. The van der Waals surface area contributed by atoms with Crippen LogP contribution in [0.2, 0.25) is 5.02 Å². The van der Waals surface area contributed by atoms with Crippen molar-refractivity contribution in [2.45, 2.75) is 39.2 Å². The highest BCUT2D eigenvalue weighted by Crippen LogP contribution is 2.31. The van der Waals surface area contributed by atoms with E-state index in [0.717, 1.165) is 29.7 Å². The van der Waals surface area contributed by atoms with Gasteiger partial charge >= 0.3 is 0 Å². The van der Waals surface area contributed by atoms with E-state index < -0.39 is 0 Å². The van der Waals surface area contributed by atoms with Gasteiger partial charge in [-0.2, -0.15) is 4.98 Å². The zero-order valence-corrected chi connectivity index (χ0v) is 13.9. The maximum atomic E-state index is 7.64. The third-order valence-corrected chi connectivity index (χ3v) is 3.84. The summed E-state index contributed by atoms with van der Waals surface area (Å²) in [5.41, 5.74) is 2.53. The zero-order valence-electron chi connectivity index (χ0n) is 13.1. The van der Waals surface area contributed by atoms with Gasteiger partial charge in [-0.05, 0) is 50.5 Å². The Bertz CT molecular complexity index is 765. The highest BCUT2D eigenvalue weighted by atomic mass is 35.5. The summed E-state index contributed by atoms with van der Waals surface area (Å²) in [5, 5.41) is 12.2. The molecule has 0 saturated carbocycles. The van der Waals surface area contributed by atoms with Gasteiger partial charge in [-0.3, -0.25) is 0 Å². The summed E-state index contributed by atoms with van der Waals surface area (Å²) in [4.78, 5) is 4.44. The van der Waals surface area contributed by atoms with Crippen LogP contribution >= 0.6 is 11.6 Å². The Kier molecular flexibility index (Phi) is 4.48. The summed E-state index contributed by atoms with van der Waals surface area (Å²) < 4.78 is 11.0. The van der Waals surface area contributed by atoms with Crippen LogP contribution in [0.5, 0.6) is 5.75 Å². The van der Waals surface area contributed by atoms with E-state index in [0.29, 0.717) is 28.9 Å². The number of allylic oxidation sites excluding steroid dienone is 2. The Morgan fingerprint density at radius 3 is 2.78 bits per heavy atom. The van der Waals surface area contributed by atoms with Crippen molar-refractivity contribution in [2.24, 2.45) is 0 Å². The average Bonchev–Trinajstić information content (AvgIpc) is 2.99. The maximum Gasteiger partial charge on any atom is 0.258 e. The predicted octanol–water partition coefficient (Wildman–Crippen LogP) is 4.76. The third-order valence-electron chi connectivity index (χ3n) is 3.55. The van der Waals surface area contributed by atoms with Crippen molar-refractivity contribution in [2.75, 3.05) is 0 Å². The Labute approximate surface area is 139 Å². The molecule has 1 N–H and O–H groups in total. The predicted molar refractivity (Wildman–Crippen MR) is 90.1 cm³/mol. The Morgan fingerprint density at radius 1 is 1.30 bits per heavy atom. The number of aromatic nitrogens is 2. The molecule has 0 fully saturated rings. The lowest BCUT2D eigenvalue weighted by Crippen LogP contribution is -2.05. The van der Waals surface area contributed by atoms with Crippen molar-refractivity contribution in [3.05, 3.63) is 35.1 Å². The van der Waals surface area contributed by atoms with Gasteiger partial charge in [0, 0.05) is 17.7 Å². The molecule has 0 saturated heterocycles. The Hall–Kier alpha value is -2.14. The van der Waals surface area contributed by atoms with Crippen molar-refractivity contribution < 1.29 is 9.26 Å². The van der Waals surface area contributed by atoms with Gasteiger partial charge in [0.1, 0.15) is 5.75 Å². The van der Waals surface area contributed by atoms with E-state index in [9.17, 15) is 0 Å². The molecule has 3 rings (SSSR count). The van der Waals surface area contributed by atoms with Crippen molar-refractivity contribution in [3.63, 3.8) is 0 Å². The van der Waals surface area contributed by atoms with Gasteiger partial charge in [0.15, 0.2) is 5.82 Å². The molecule has 1 aromatic heterocycles. The van der Waals surface area contributed by atoms with Gasteiger partial charge in [-0.25, -0.2) is 0 Å². The first kappa shape index (κ1) is 15.7. The minimum atomic E-state index is 0.0605. The second-order valence-electron chi connectivity index (χ2n) is 5.77. The number of rotatable bonds is 4. The van der Waals surface area contributed by atoms with Gasteiger partial charge in [0.2, 0.25) is 0 Å². The molecule has 5 nitrogen and oxygen atoms in total. The Morgan fingerprint density at radius 2 is 2.13 bits per heavy atom. The number of nitrogens with one attached hydrogen (secondary N) is 1. The molecule has 1 heterocycles. The molecule has 0 radical (unpaired) electrons. The molecular weight excluding hydrogens is 314 g/mol. The fourth-order valence-corrected chi connectivity index (χ4v) is 2.62. The van der Waals surface area contributed by atoms with E-state index in [2.05, 4.69) is 10.1 Å². The lowest BCUT2D eigenvalue weighted by Gasteiger charge is -2.11. The average molecular weight is 332 g/mol. The van der Waals surface area contributed by atoms with Crippen molar-refractivity contribution >= 4 is 22.9 Å². The van der Waals surface area contributed by atoms with E-state index in [-0.39, 0.29) is 6.10 Å². The molecule has 0 amide bonds. The molecular formula is C17H18ClN3O2. The smallest absolute Gasteiger partial charge is 0.258 e. The first-order valence-electron chi connectivity index (χ1n) is 7.59. The zero-order chi connectivity index (χ0) is 16.4. The fourth-order valence-electron chi connectivity index (χ4n) is 2.39. The summed E-state index contributed by atoms with van der Waals surface area (Å²) in [6, 6.07) is 5.43. The topological polar surface area (TPSA) is 72.0 Å². The Balaban J connectivity index is 1.83. The summed E-state index contributed by atoms with van der Waals surface area (Å²) in [6.45, 7) is 3.90. The summed E-state index contributed by atoms with van der Waals surface area (Å²) in [7, 11) is 0. The van der Waals surface area contributed by atoms with Crippen LogP contribution in [0.1, 0.15) is 38.9 Å². The van der Waals surface area contributed by atoms with Gasteiger partial charge in [-0.15, -0.1) is 0 Å². The molecule has 1 aliphatic rings. The van der Waals surface area contributed by atoms with Crippen LogP contribution in [-0.2, 0) is 0 Å². The molecule has 120 valence electrons. The summed E-state index contributed by atoms with van der Waals surface area (Å²) in [6.07, 6.45) is 4.24. The van der Waals surface area contributed by atoms with Crippen LogP contribution < -0.4 is 4.74 Å². The second-order valence-corrected chi connectivity index (χ2v) is 6.18. The van der Waals surface area contributed by atoms with E-state index in [4.69, 9.17) is 26.3 Å². The minimum absolute atomic E-state index is 0.0605. The lowest BCUT2D eigenvalue weighted by molar-refractivity contribution is 0.242. The van der Waals surface area contributed by atoms with Crippen LogP contribution in [0.3, 0.4) is 0 Å². The first-order valence-corrected chi connectivity index (χ1v) is 7.96. The summed E-state index contributed by atoms with van der Waals surface area (Å²) >= 11 is 6.25. The highest BCUT2D eigenvalue weighted by molar-refractivity contribution is 6.32. The SMILES string of the molecule is CC(C)Oc1ccc(-c2nc(C3=CCC(=N)CC3)no2)cc1Cl. The van der Waals surface area contributed by atoms with E-state index >= 15 is 0 Å². The standard InChI is InChI=1S/C17H18ClN3O2/c1-10(2)22-15-8-5-12(9-14(15)18)17-20-16(21-23-17)11-3-6-13(19)7-4-11/h3,5,8-10,19H,4,6-7H2,1-2H3. The minimum Gasteiger partial charge on any atom is -0.489 e. The van der Waals surface area contributed by atoms with Crippen LogP contribution in [0.25, 0.3) is 17.0 Å². The van der Waals surface area contributed by atoms with Gasteiger partial charge in [0.05, 0.1) is 11.1 Å².